The molecule has 1 aliphatic carbocycles. The van der Waals surface area contributed by atoms with Gasteiger partial charge in [-0.15, -0.1) is 0 Å². The fraction of sp³-hybridized carbons (Fsp3) is 0.324. The van der Waals surface area contributed by atoms with E-state index in [-0.39, 0.29) is 22.3 Å². The number of sulfonamides is 1. The minimum Gasteiger partial charge on any atom is -0.496 e. The van der Waals surface area contributed by atoms with E-state index in [9.17, 15) is 18.3 Å². The Labute approximate surface area is 263 Å². The Kier molecular flexibility index (Phi) is 9.68. The predicted octanol–water partition coefficient (Wildman–Crippen LogP) is 5.67. The second-order valence-corrected chi connectivity index (χ2v) is 13.4. The highest BCUT2D eigenvalue weighted by Gasteiger charge is 2.30. The molecule has 1 heterocycles. The number of carbonyl (C=O) groups is 1. The number of nitrogens with one attached hydrogen (secondary N) is 1. The van der Waals surface area contributed by atoms with Gasteiger partial charge in [-0.1, -0.05) is 48.0 Å². The average molecular weight is 637 g/mol. The Balaban J connectivity index is 1.34. The van der Waals surface area contributed by atoms with Crippen molar-refractivity contribution < 1.29 is 27.8 Å². The summed E-state index contributed by atoms with van der Waals surface area (Å²) in [5.74, 6) is 0.831. The molecule has 4 aromatic rings. The number of hydrogen-bond donors (Lipinski definition) is 2. The Morgan fingerprint density at radius 1 is 1.02 bits per heavy atom. The van der Waals surface area contributed by atoms with Gasteiger partial charge in [0.25, 0.3) is 10.0 Å². The first-order valence-electron chi connectivity index (χ1n) is 14.5. The van der Waals surface area contributed by atoms with Crippen molar-refractivity contribution in [1.29, 1.82) is 0 Å². The molecule has 3 aromatic carbocycles. The van der Waals surface area contributed by atoms with Crippen LogP contribution in [0, 0.1) is 18.8 Å². The van der Waals surface area contributed by atoms with Gasteiger partial charge in [-0.25, -0.2) is 13.1 Å². The van der Waals surface area contributed by atoms with Gasteiger partial charge in [0.2, 0.25) is 5.91 Å². The number of halogens is 1. The molecule has 0 saturated carbocycles. The number of aromatic nitrogens is 1. The molecule has 8 nitrogen and oxygen atoms in total. The Morgan fingerprint density at radius 3 is 2.25 bits per heavy atom. The van der Waals surface area contributed by atoms with Crippen LogP contribution in [-0.2, 0) is 40.6 Å². The van der Waals surface area contributed by atoms with Crippen LogP contribution in [-0.4, -0.2) is 38.2 Å². The smallest absolute Gasteiger partial charge is 0.265 e. The van der Waals surface area contributed by atoms with Crippen molar-refractivity contribution in [3.63, 3.8) is 0 Å². The Bertz CT molecular complexity index is 1700. The molecule has 5 rings (SSSR count). The molecular weight excluding hydrogens is 600 g/mol. The minimum absolute atomic E-state index is 0.0396. The number of nitrogens with zero attached hydrogens (tertiary/aromatic N) is 1. The van der Waals surface area contributed by atoms with Crippen molar-refractivity contribution in [2.24, 2.45) is 11.8 Å². The van der Waals surface area contributed by atoms with Crippen LogP contribution in [0.15, 0.2) is 84.0 Å². The lowest BCUT2D eigenvalue weighted by atomic mass is 9.85. The number of rotatable bonds is 12. The van der Waals surface area contributed by atoms with Gasteiger partial charge in [0.1, 0.15) is 16.4 Å². The number of amides is 1. The SMILES string of the molecule is COc1cc([C@@H](O)[C@@H](CC2Cc3ccccc3C2)Cn2ccc(CC(=O)NS(=O)(=O)c3ccccc3Cl)c2)cc(OC)c1C. The summed E-state index contributed by atoms with van der Waals surface area (Å²) in [6, 6.07) is 20.0. The van der Waals surface area contributed by atoms with Crippen molar-refractivity contribution >= 4 is 27.5 Å². The third kappa shape index (κ3) is 7.12. The van der Waals surface area contributed by atoms with E-state index >= 15 is 0 Å². The van der Waals surface area contributed by atoms with Gasteiger partial charge in [0.15, 0.2) is 0 Å². The summed E-state index contributed by atoms with van der Waals surface area (Å²) in [7, 11) is -0.908. The average Bonchev–Trinajstić information content (AvgIpc) is 3.62. The van der Waals surface area contributed by atoms with E-state index in [2.05, 4.69) is 29.0 Å². The zero-order valence-electron chi connectivity index (χ0n) is 25.0. The second-order valence-electron chi connectivity index (χ2n) is 11.4. The molecule has 2 N–H and O–H groups in total. The van der Waals surface area contributed by atoms with Crippen LogP contribution in [0.3, 0.4) is 0 Å². The van der Waals surface area contributed by atoms with Crippen molar-refractivity contribution in [1.82, 2.24) is 9.29 Å². The largest absolute Gasteiger partial charge is 0.496 e. The molecule has 2 atom stereocenters. The third-order valence-electron chi connectivity index (χ3n) is 8.33. The van der Waals surface area contributed by atoms with Gasteiger partial charge >= 0.3 is 0 Å². The highest BCUT2D eigenvalue weighted by molar-refractivity contribution is 7.90. The summed E-state index contributed by atoms with van der Waals surface area (Å²) in [5, 5.41) is 11.8. The van der Waals surface area contributed by atoms with Crippen LogP contribution in [0.2, 0.25) is 5.02 Å². The van der Waals surface area contributed by atoms with Crippen LogP contribution in [0.1, 0.15) is 40.3 Å². The molecule has 0 fully saturated rings. The summed E-state index contributed by atoms with van der Waals surface area (Å²) in [5.41, 5.74) is 4.92. The molecule has 0 spiro atoms. The molecule has 44 heavy (non-hydrogen) atoms. The summed E-state index contributed by atoms with van der Waals surface area (Å²) < 4.78 is 40.6. The highest BCUT2D eigenvalue weighted by atomic mass is 35.5. The second kappa shape index (κ2) is 13.5. The quantitative estimate of drug-likeness (QED) is 0.208. The van der Waals surface area contributed by atoms with Gasteiger partial charge in [-0.05, 0) is 84.7 Å². The summed E-state index contributed by atoms with van der Waals surface area (Å²) in [6.07, 6.45) is 5.42. The van der Waals surface area contributed by atoms with Gasteiger partial charge in [-0.2, -0.15) is 0 Å². The first kappa shape index (κ1) is 31.6. The third-order valence-corrected chi connectivity index (χ3v) is 10.2. The first-order valence-corrected chi connectivity index (χ1v) is 16.4. The zero-order chi connectivity index (χ0) is 31.4. The maximum Gasteiger partial charge on any atom is 0.265 e. The zero-order valence-corrected chi connectivity index (χ0v) is 26.6. The fourth-order valence-corrected chi connectivity index (χ4v) is 7.67. The first-order chi connectivity index (χ1) is 21.1. The number of hydrogen-bond acceptors (Lipinski definition) is 6. The van der Waals surface area contributed by atoms with Crippen molar-refractivity contribution in [3.8, 4) is 11.5 Å². The lowest BCUT2D eigenvalue weighted by Crippen LogP contribution is -2.31. The van der Waals surface area contributed by atoms with E-state index in [1.165, 1.54) is 23.3 Å². The Hall–Kier alpha value is -3.79. The number of aliphatic hydroxyl groups excluding tert-OH is 1. The summed E-state index contributed by atoms with van der Waals surface area (Å²) in [4.78, 5) is 12.6. The number of carbonyl (C=O) groups excluding carboxylic acids is 1. The summed E-state index contributed by atoms with van der Waals surface area (Å²) in [6.45, 7) is 2.41. The summed E-state index contributed by atoms with van der Waals surface area (Å²) >= 11 is 6.03. The van der Waals surface area contributed by atoms with Gasteiger partial charge in [-0.3, -0.25) is 4.79 Å². The fourth-order valence-electron chi connectivity index (χ4n) is 6.17. The van der Waals surface area contributed by atoms with Crippen molar-refractivity contribution in [2.75, 3.05) is 14.2 Å². The van der Waals surface area contributed by atoms with Crippen molar-refractivity contribution in [3.05, 3.63) is 112 Å². The van der Waals surface area contributed by atoms with E-state index in [4.69, 9.17) is 21.1 Å². The Morgan fingerprint density at radius 2 is 1.64 bits per heavy atom. The van der Waals surface area contributed by atoms with Crippen LogP contribution in [0.25, 0.3) is 0 Å². The van der Waals surface area contributed by atoms with E-state index in [0.717, 1.165) is 24.8 Å². The molecule has 1 amide bonds. The van der Waals surface area contributed by atoms with Gasteiger partial charge in [0.05, 0.1) is 31.8 Å². The molecule has 232 valence electrons. The standard InChI is InChI=1S/C34H37ClN2O6S/c1-22-30(42-2)18-27(19-31(22)43-3)34(39)28(16-24-14-25-8-4-5-9-26(25)15-24)21-37-13-12-23(20-37)17-33(38)36-44(40,41)32-11-7-6-10-29(32)35/h4-13,18-20,24,28,34,39H,14-17,21H2,1-3H3,(H,36,38)/t28-,34+/m0/s1. The van der Waals surface area contributed by atoms with E-state index in [1.54, 1.807) is 32.4 Å². The molecule has 10 heteroatoms. The topological polar surface area (TPSA) is 107 Å². The number of fused-ring (bicyclic) bond motifs is 1. The number of benzene rings is 3. The molecular formula is C34H37ClN2O6S. The normalized spacial score (nSPS) is 14.6. The minimum atomic E-state index is -4.11. The van der Waals surface area contributed by atoms with Crippen LogP contribution in [0.4, 0.5) is 0 Å². The van der Waals surface area contributed by atoms with Crippen LogP contribution < -0.4 is 14.2 Å². The molecule has 0 bridgehead atoms. The maximum atomic E-state index is 12.7. The van der Waals surface area contributed by atoms with Crippen molar-refractivity contribution in [2.45, 2.75) is 50.2 Å². The molecule has 1 aromatic heterocycles. The molecule has 0 saturated heterocycles. The monoisotopic (exact) mass is 636 g/mol. The van der Waals surface area contributed by atoms with Gasteiger partial charge in [0, 0.05) is 30.4 Å². The van der Waals surface area contributed by atoms with Crippen LogP contribution >= 0.6 is 11.6 Å². The van der Waals surface area contributed by atoms with E-state index < -0.39 is 22.0 Å². The van der Waals surface area contributed by atoms with E-state index in [0.29, 0.717) is 35.1 Å². The highest BCUT2D eigenvalue weighted by Crippen LogP contribution is 2.39. The lowest BCUT2D eigenvalue weighted by molar-refractivity contribution is -0.118. The lowest BCUT2D eigenvalue weighted by Gasteiger charge is -2.27. The molecule has 1 aliphatic rings. The molecule has 0 unspecified atom stereocenters. The number of aliphatic hydroxyl groups is 1. The van der Waals surface area contributed by atoms with Gasteiger partial charge < -0.3 is 19.1 Å². The number of methoxy groups -OCH3 is 2. The predicted molar refractivity (Wildman–Crippen MR) is 170 cm³/mol. The maximum absolute atomic E-state index is 12.7. The molecule has 0 aliphatic heterocycles. The van der Waals surface area contributed by atoms with E-state index in [1.807, 2.05) is 36.0 Å². The number of ether oxygens (including phenoxy) is 2. The van der Waals surface area contributed by atoms with Crippen LogP contribution in [0.5, 0.6) is 11.5 Å². The molecule has 0 radical (unpaired) electrons.